The Bertz CT molecular complexity index is 1050. The molecule has 31 heavy (non-hydrogen) atoms. The number of rotatable bonds is 7. The Morgan fingerprint density at radius 2 is 1.81 bits per heavy atom. The molecule has 0 aromatic heterocycles. The number of aliphatic hydroxyl groups excluding tert-OH is 1. The molecule has 3 N–H and O–H groups in total. The van der Waals surface area contributed by atoms with Crippen molar-refractivity contribution in [2.45, 2.75) is 63.2 Å². The average Bonchev–Trinajstić information content (AvgIpc) is 2.74. The van der Waals surface area contributed by atoms with Crippen molar-refractivity contribution in [2.75, 3.05) is 6.54 Å². The van der Waals surface area contributed by atoms with Gasteiger partial charge in [-0.05, 0) is 62.6 Å². The van der Waals surface area contributed by atoms with Gasteiger partial charge in [-0.15, -0.1) is 0 Å². The summed E-state index contributed by atoms with van der Waals surface area (Å²) in [5.74, 6) is 0.164. The van der Waals surface area contributed by atoms with Gasteiger partial charge in [0.05, 0.1) is 10.9 Å². The van der Waals surface area contributed by atoms with Crippen LogP contribution < -0.4 is 14.8 Å². The summed E-state index contributed by atoms with van der Waals surface area (Å²) in [7, 11) is -3.92. The van der Waals surface area contributed by atoms with Gasteiger partial charge in [0, 0.05) is 17.7 Å². The molecule has 8 heteroatoms. The summed E-state index contributed by atoms with van der Waals surface area (Å²) >= 11 is 0. The van der Waals surface area contributed by atoms with E-state index in [4.69, 9.17) is 4.74 Å². The lowest BCUT2D eigenvalue weighted by atomic mass is 9.86. The standard InChI is InChI=1S/C23H30N2O5S/c1-5-13-24-22(27)16-9-12-19-18(14-16)20(21(26)23(3,4)30-19)25-31(28,29)17-10-7-15(6-2)8-11-17/h7-12,14,20-21,25-26H,5-6,13H2,1-4H3,(H,24,27)/t20?,21-/m0/s1. The molecule has 1 aliphatic rings. The van der Waals surface area contributed by atoms with Crippen molar-refractivity contribution in [1.29, 1.82) is 0 Å². The van der Waals surface area contributed by atoms with Crippen LogP contribution in [0.5, 0.6) is 5.75 Å². The first-order valence-corrected chi connectivity index (χ1v) is 12.0. The smallest absolute Gasteiger partial charge is 0.251 e. The van der Waals surface area contributed by atoms with Gasteiger partial charge in [-0.25, -0.2) is 13.1 Å². The highest BCUT2D eigenvalue weighted by Gasteiger charge is 2.44. The fourth-order valence-corrected chi connectivity index (χ4v) is 4.77. The van der Waals surface area contributed by atoms with Gasteiger partial charge in [0.1, 0.15) is 17.5 Å². The largest absolute Gasteiger partial charge is 0.485 e. The molecule has 3 rings (SSSR count). The zero-order valence-electron chi connectivity index (χ0n) is 18.3. The molecular formula is C23H30N2O5S. The minimum absolute atomic E-state index is 0.111. The number of benzene rings is 2. The minimum Gasteiger partial charge on any atom is -0.485 e. The van der Waals surface area contributed by atoms with Crippen molar-refractivity contribution >= 4 is 15.9 Å². The molecule has 1 unspecified atom stereocenters. The van der Waals surface area contributed by atoms with Crippen molar-refractivity contribution in [3.05, 3.63) is 59.2 Å². The molecule has 1 aliphatic heterocycles. The van der Waals surface area contributed by atoms with Gasteiger partial charge in [0.2, 0.25) is 10.0 Å². The zero-order chi connectivity index (χ0) is 22.8. The summed E-state index contributed by atoms with van der Waals surface area (Å²) in [6.07, 6.45) is 0.432. The van der Waals surface area contributed by atoms with E-state index in [9.17, 15) is 18.3 Å². The fraction of sp³-hybridized carbons (Fsp3) is 0.435. The van der Waals surface area contributed by atoms with E-state index in [1.807, 2.05) is 13.8 Å². The van der Waals surface area contributed by atoms with Crippen LogP contribution in [-0.2, 0) is 16.4 Å². The van der Waals surface area contributed by atoms with Crippen LogP contribution in [0.4, 0.5) is 0 Å². The first-order chi connectivity index (χ1) is 14.6. The normalized spacial score (nSPS) is 19.9. The number of carbonyl (C=O) groups is 1. The molecule has 168 valence electrons. The highest BCUT2D eigenvalue weighted by molar-refractivity contribution is 7.89. The molecule has 0 fully saturated rings. The summed E-state index contributed by atoms with van der Waals surface area (Å²) in [6, 6.07) is 10.5. The van der Waals surface area contributed by atoms with E-state index in [1.165, 1.54) is 0 Å². The number of hydrogen-bond acceptors (Lipinski definition) is 5. The van der Waals surface area contributed by atoms with E-state index in [1.54, 1.807) is 56.3 Å². The molecule has 7 nitrogen and oxygen atoms in total. The zero-order valence-corrected chi connectivity index (χ0v) is 19.1. The maximum atomic E-state index is 13.1. The summed E-state index contributed by atoms with van der Waals surface area (Å²) in [5.41, 5.74) is 0.793. The second-order valence-corrected chi connectivity index (χ2v) is 9.97. The van der Waals surface area contributed by atoms with Gasteiger partial charge in [-0.1, -0.05) is 26.0 Å². The maximum Gasteiger partial charge on any atom is 0.251 e. The molecule has 0 radical (unpaired) electrons. The van der Waals surface area contributed by atoms with E-state index in [0.29, 0.717) is 23.4 Å². The molecule has 2 aromatic carbocycles. The fourth-order valence-electron chi connectivity index (χ4n) is 3.55. The van der Waals surface area contributed by atoms with Crippen LogP contribution in [0.1, 0.15) is 61.6 Å². The molecule has 2 aromatic rings. The third kappa shape index (κ3) is 4.92. The number of amides is 1. The predicted octanol–water partition coefficient (Wildman–Crippen LogP) is 2.94. The molecule has 0 aliphatic carbocycles. The van der Waals surface area contributed by atoms with E-state index < -0.39 is 27.8 Å². The first-order valence-electron chi connectivity index (χ1n) is 10.5. The van der Waals surface area contributed by atoms with Crippen LogP contribution in [0.25, 0.3) is 0 Å². The maximum absolute atomic E-state index is 13.1. The Hall–Kier alpha value is -2.42. The molecule has 1 heterocycles. The summed E-state index contributed by atoms with van der Waals surface area (Å²) in [5, 5.41) is 13.8. The van der Waals surface area contributed by atoms with Crippen LogP contribution in [-0.4, -0.2) is 37.7 Å². The molecule has 0 spiro atoms. The lowest BCUT2D eigenvalue weighted by Crippen LogP contribution is -2.53. The Morgan fingerprint density at radius 1 is 1.13 bits per heavy atom. The minimum atomic E-state index is -3.92. The quantitative estimate of drug-likeness (QED) is 0.607. The molecule has 0 saturated heterocycles. The number of hydrogen-bond donors (Lipinski definition) is 3. The Morgan fingerprint density at radius 3 is 2.42 bits per heavy atom. The van der Waals surface area contributed by atoms with Crippen molar-refractivity contribution in [3.63, 3.8) is 0 Å². The van der Waals surface area contributed by atoms with Gasteiger partial charge >= 0.3 is 0 Å². The monoisotopic (exact) mass is 446 g/mol. The van der Waals surface area contributed by atoms with E-state index in [2.05, 4.69) is 10.0 Å². The number of sulfonamides is 1. The molecule has 0 saturated carbocycles. The summed E-state index contributed by atoms with van der Waals surface area (Å²) < 4.78 is 34.7. The van der Waals surface area contributed by atoms with Crippen molar-refractivity contribution in [1.82, 2.24) is 10.0 Å². The van der Waals surface area contributed by atoms with Crippen LogP contribution in [0.3, 0.4) is 0 Å². The number of nitrogens with one attached hydrogen (secondary N) is 2. The van der Waals surface area contributed by atoms with Crippen LogP contribution in [0.15, 0.2) is 47.4 Å². The van der Waals surface area contributed by atoms with E-state index >= 15 is 0 Å². The average molecular weight is 447 g/mol. The summed E-state index contributed by atoms with van der Waals surface area (Å²) in [6.45, 7) is 7.87. The Balaban J connectivity index is 1.99. The second kappa shape index (κ2) is 8.98. The number of fused-ring (bicyclic) bond motifs is 1. The molecular weight excluding hydrogens is 416 g/mol. The van der Waals surface area contributed by atoms with Gasteiger partial charge in [0.15, 0.2) is 0 Å². The van der Waals surface area contributed by atoms with Gasteiger partial charge in [-0.2, -0.15) is 0 Å². The van der Waals surface area contributed by atoms with E-state index in [-0.39, 0.29) is 10.8 Å². The van der Waals surface area contributed by atoms with Gasteiger partial charge in [-0.3, -0.25) is 4.79 Å². The van der Waals surface area contributed by atoms with Crippen molar-refractivity contribution < 1.29 is 23.1 Å². The highest BCUT2D eigenvalue weighted by Crippen LogP contribution is 2.41. The first kappa shape index (κ1) is 23.2. The molecule has 2 atom stereocenters. The Labute approximate surface area is 183 Å². The number of ether oxygens (including phenoxy) is 1. The number of aryl methyl sites for hydroxylation is 1. The second-order valence-electron chi connectivity index (χ2n) is 8.26. The van der Waals surface area contributed by atoms with Gasteiger partial charge < -0.3 is 15.2 Å². The van der Waals surface area contributed by atoms with E-state index in [0.717, 1.165) is 18.4 Å². The highest BCUT2D eigenvalue weighted by atomic mass is 32.2. The number of carbonyl (C=O) groups excluding carboxylic acids is 1. The van der Waals surface area contributed by atoms with Crippen LogP contribution >= 0.6 is 0 Å². The topological polar surface area (TPSA) is 105 Å². The lowest BCUT2D eigenvalue weighted by molar-refractivity contribution is -0.0603. The van der Waals surface area contributed by atoms with Crippen LogP contribution in [0, 0.1) is 0 Å². The van der Waals surface area contributed by atoms with Crippen LogP contribution in [0.2, 0.25) is 0 Å². The molecule has 0 bridgehead atoms. The van der Waals surface area contributed by atoms with Gasteiger partial charge in [0.25, 0.3) is 5.91 Å². The number of aliphatic hydroxyl groups is 1. The third-order valence-electron chi connectivity index (χ3n) is 5.47. The lowest BCUT2D eigenvalue weighted by Gasteiger charge is -2.42. The van der Waals surface area contributed by atoms with Crippen molar-refractivity contribution in [2.24, 2.45) is 0 Å². The Kier molecular flexibility index (Phi) is 6.73. The summed E-state index contributed by atoms with van der Waals surface area (Å²) in [4.78, 5) is 12.5. The van der Waals surface area contributed by atoms with Crippen molar-refractivity contribution in [3.8, 4) is 5.75 Å². The third-order valence-corrected chi connectivity index (χ3v) is 6.92. The predicted molar refractivity (Wildman–Crippen MR) is 119 cm³/mol. The SMILES string of the molecule is CCCNC(=O)c1ccc2c(c1)C(NS(=O)(=O)c1ccc(CC)cc1)[C@H](O)C(C)(C)O2. The molecule has 1 amide bonds.